The lowest BCUT2D eigenvalue weighted by molar-refractivity contribution is 0.348. The molecule has 0 aliphatic rings. The summed E-state index contributed by atoms with van der Waals surface area (Å²) in [5, 5.41) is 2.66. The molecule has 1 rings (SSSR count). The Morgan fingerprint density at radius 1 is 1.26 bits per heavy atom. The van der Waals surface area contributed by atoms with Gasteiger partial charge in [0.2, 0.25) is 5.89 Å². The second-order valence-electron chi connectivity index (χ2n) is 4.49. The highest BCUT2D eigenvalue weighted by molar-refractivity contribution is 7.91. The molecule has 110 valence electrons. The maximum Gasteiger partial charge on any atom is 0.243 e. The molecule has 10 heteroatoms. The highest BCUT2D eigenvalue weighted by atomic mass is 32.2. The molecule has 2 atom stereocenters. The quantitative estimate of drug-likeness (QED) is 0.750. The van der Waals surface area contributed by atoms with Crippen molar-refractivity contribution in [1.82, 2.24) is 10.1 Å². The van der Waals surface area contributed by atoms with Gasteiger partial charge in [-0.2, -0.15) is 4.98 Å². The predicted octanol–water partition coefficient (Wildman–Crippen LogP) is -0.390. The molecule has 0 amide bonds. The van der Waals surface area contributed by atoms with Gasteiger partial charge in [-0.25, -0.2) is 16.8 Å². The smallest absolute Gasteiger partial charge is 0.243 e. The van der Waals surface area contributed by atoms with Crippen LogP contribution in [0.3, 0.4) is 0 Å². The first kappa shape index (κ1) is 16.1. The fourth-order valence-corrected chi connectivity index (χ4v) is 2.38. The van der Waals surface area contributed by atoms with Gasteiger partial charge in [0, 0.05) is 12.5 Å². The Balaban J connectivity index is 2.80. The van der Waals surface area contributed by atoms with Gasteiger partial charge in [-0.15, -0.1) is 0 Å². The molecule has 8 nitrogen and oxygen atoms in total. The first-order valence-electron chi connectivity index (χ1n) is 5.46. The summed E-state index contributed by atoms with van der Waals surface area (Å²) in [5.41, 5.74) is 5.71. The standard InChI is InChI=1S/C9H17N3O5S2/c1-6(19(3,15)16)8-11-9(17-12-8)7(10)4-5-18(2,13)14/h6-7H,4-5,10H2,1-3H3. The Hall–Kier alpha value is -1.00. The van der Waals surface area contributed by atoms with E-state index >= 15 is 0 Å². The Kier molecular flexibility index (Phi) is 4.69. The molecule has 0 radical (unpaired) electrons. The molecule has 2 unspecified atom stereocenters. The van der Waals surface area contributed by atoms with Crippen LogP contribution in [-0.2, 0) is 19.7 Å². The molecule has 1 aromatic heterocycles. The summed E-state index contributed by atoms with van der Waals surface area (Å²) in [6.45, 7) is 1.44. The lowest BCUT2D eigenvalue weighted by Gasteiger charge is -2.05. The fraction of sp³-hybridized carbons (Fsp3) is 0.778. The largest absolute Gasteiger partial charge is 0.338 e. The van der Waals surface area contributed by atoms with Crippen molar-refractivity contribution in [1.29, 1.82) is 0 Å². The third-order valence-electron chi connectivity index (χ3n) is 2.58. The van der Waals surface area contributed by atoms with Gasteiger partial charge < -0.3 is 10.3 Å². The van der Waals surface area contributed by atoms with Crippen LogP contribution in [0.15, 0.2) is 4.52 Å². The van der Waals surface area contributed by atoms with E-state index in [9.17, 15) is 16.8 Å². The summed E-state index contributed by atoms with van der Waals surface area (Å²) in [5.74, 6) is -0.0468. The molecule has 19 heavy (non-hydrogen) atoms. The fourth-order valence-electron chi connectivity index (χ4n) is 1.22. The average Bonchev–Trinajstić information content (AvgIpc) is 2.71. The van der Waals surface area contributed by atoms with Crippen LogP contribution in [0.2, 0.25) is 0 Å². The third-order valence-corrected chi connectivity index (χ3v) is 5.05. The van der Waals surface area contributed by atoms with Crippen molar-refractivity contribution in [3.05, 3.63) is 11.7 Å². The van der Waals surface area contributed by atoms with Crippen molar-refractivity contribution in [2.45, 2.75) is 24.6 Å². The van der Waals surface area contributed by atoms with Gasteiger partial charge in [0.25, 0.3) is 0 Å². The Labute approximate surface area is 112 Å². The molecule has 0 aromatic carbocycles. The van der Waals surface area contributed by atoms with Crippen molar-refractivity contribution in [3.8, 4) is 0 Å². The predicted molar refractivity (Wildman–Crippen MR) is 68.8 cm³/mol. The summed E-state index contributed by atoms with van der Waals surface area (Å²) in [6.07, 6.45) is 2.30. The van der Waals surface area contributed by atoms with Gasteiger partial charge >= 0.3 is 0 Å². The van der Waals surface area contributed by atoms with Crippen LogP contribution in [-0.4, -0.2) is 45.2 Å². The number of nitrogens with two attached hydrogens (primary N) is 1. The molecule has 0 fully saturated rings. The number of nitrogens with zero attached hydrogens (tertiary/aromatic N) is 2. The minimum atomic E-state index is -3.33. The highest BCUT2D eigenvalue weighted by Crippen LogP contribution is 2.20. The topological polar surface area (TPSA) is 133 Å². The van der Waals surface area contributed by atoms with Crippen LogP contribution in [0.5, 0.6) is 0 Å². The van der Waals surface area contributed by atoms with Crippen molar-refractivity contribution >= 4 is 19.7 Å². The molecule has 0 saturated carbocycles. The number of rotatable bonds is 6. The van der Waals surface area contributed by atoms with E-state index in [2.05, 4.69) is 10.1 Å². The summed E-state index contributed by atoms with van der Waals surface area (Å²) in [7, 11) is -6.45. The molecular formula is C9H17N3O5S2. The summed E-state index contributed by atoms with van der Waals surface area (Å²) in [6, 6.07) is -0.734. The number of hydrogen-bond donors (Lipinski definition) is 1. The first-order chi connectivity index (χ1) is 8.50. The summed E-state index contributed by atoms with van der Waals surface area (Å²) >= 11 is 0. The van der Waals surface area contributed by atoms with Crippen LogP contribution in [0.4, 0.5) is 0 Å². The SMILES string of the molecule is CC(c1noc(C(N)CCS(C)(=O)=O)n1)S(C)(=O)=O. The molecule has 1 aromatic rings. The van der Waals surface area contributed by atoms with Crippen LogP contribution in [0.25, 0.3) is 0 Å². The molecule has 0 aliphatic carbocycles. The Morgan fingerprint density at radius 2 is 1.84 bits per heavy atom. The van der Waals surface area contributed by atoms with Crippen LogP contribution < -0.4 is 5.73 Å². The van der Waals surface area contributed by atoms with Crippen molar-refractivity contribution < 1.29 is 21.4 Å². The minimum Gasteiger partial charge on any atom is -0.338 e. The first-order valence-corrected chi connectivity index (χ1v) is 9.48. The molecule has 0 aliphatic heterocycles. The lowest BCUT2D eigenvalue weighted by Crippen LogP contribution is -2.16. The minimum absolute atomic E-state index is 0.0207. The number of sulfone groups is 2. The van der Waals surface area contributed by atoms with Gasteiger partial charge in [-0.1, -0.05) is 5.16 Å². The molecular weight excluding hydrogens is 294 g/mol. The van der Waals surface area contributed by atoms with E-state index in [1.165, 1.54) is 6.92 Å². The van der Waals surface area contributed by atoms with E-state index in [0.29, 0.717) is 0 Å². The van der Waals surface area contributed by atoms with E-state index in [1.807, 2.05) is 0 Å². The van der Waals surface area contributed by atoms with Gasteiger partial charge in [-0.05, 0) is 13.3 Å². The van der Waals surface area contributed by atoms with Gasteiger partial charge in [0.15, 0.2) is 15.7 Å². The average molecular weight is 311 g/mol. The van der Waals surface area contributed by atoms with Crippen molar-refractivity contribution in [2.75, 3.05) is 18.3 Å². The number of hydrogen-bond acceptors (Lipinski definition) is 8. The van der Waals surface area contributed by atoms with Crippen LogP contribution in [0.1, 0.15) is 36.4 Å². The Morgan fingerprint density at radius 3 is 2.32 bits per heavy atom. The van der Waals surface area contributed by atoms with Gasteiger partial charge in [-0.3, -0.25) is 0 Å². The van der Waals surface area contributed by atoms with E-state index < -0.39 is 31.0 Å². The van der Waals surface area contributed by atoms with Crippen LogP contribution >= 0.6 is 0 Å². The normalized spacial score (nSPS) is 16.2. The monoisotopic (exact) mass is 311 g/mol. The summed E-state index contributed by atoms with van der Waals surface area (Å²) < 4.78 is 49.6. The van der Waals surface area contributed by atoms with Crippen molar-refractivity contribution in [2.24, 2.45) is 5.73 Å². The van der Waals surface area contributed by atoms with Gasteiger partial charge in [0.1, 0.15) is 15.1 Å². The molecule has 2 N–H and O–H groups in total. The molecule has 0 spiro atoms. The zero-order valence-corrected chi connectivity index (χ0v) is 12.5. The number of aromatic nitrogens is 2. The van der Waals surface area contributed by atoms with E-state index in [4.69, 9.17) is 10.3 Å². The zero-order valence-electron chi connectivity index (χ0n) is 10.9. The highest BCUT2D eigenvalue weighted by Gasteiger charge is 2.25. The molecule has 0 saturated heterocycles. The van der Waals surface area contributed by atoms with Gasteiger partial charge in [0.05, 0.1) is 11.8 Å². The van der Waals surface area contributed by atoms with E-state index in [-0.39, 0.29) is 23.9 Å². The molecule has 0 bridgehead atoms. The van der Waals surface area contributed by atoms with E-state index in [1.54, 1.807) is 0 Å². The maximum atomic E-state index is 11.3. The van der Waals surface area contributed by atoms with Crippen molar-refractivity contribution in [3.63, 3.8) is 0 Å². The maximum absolute atomic E-state index is 11.3. The zero-order chi connectivity index (χ0) is 14.8. The Bertz CT molecular complexity index is 635. The van der Waals surface area contributed by atoms with Crippen LogP contribution in [0, 0.1) is 0 Å². The summed E-state index contributed by atoms with van der Waals surface area (Å²) in [4.78, 5) is 3.90. The second-order valence-corrected chi connectivity index (χ2v) is 9.11. The molecule has 1 heterocycles. The van der Waals surface area contributed by atoms with E-state index in [0.717, 1.165) is 12.5 Å². The third kappa shape index (κ3) is 4.88. The lowest BCUT2D eigenvalue weighted by atomic mass is 10.2. The second kappa shape index (κ2) is 5.55.